The molecule has 0 aliphatic heterocycles. The zero-order chi connectivity index (χ0) is 21.6. The van der Waals surface area contributed by atoms with Gasteiger partial charge in [0.1, 0.15) is 11.9 Å². The number of anilines is 1. The normalized spacial score (nSPS) is 11.5. The maximum absolute atomic E-state index is 12.5. The summed E-state index contributed by atoms with van der Waals surface area (Å²) >= 11 is 23.0. The summed E-state index contributed by atoms with van der Waals surface area (Å²) in [4.78, 5) is 22.7. The number of nitrogens with zero attached hydrogens (tertiary/aromatic N) is 1. The van der Waals surface area contributed by atoms with Gasteiger partial charge in [-0.2, -0.15) is 0 Å². The molecule has 162 valence electrons. The van der Waals surface area contributed by atoms with Crippen molar-refractivity contribution in [3.8, 4) is 5.75 Å². The summed E-state index contributed by atoms with van der Waals surface area (Å²) in [5.41, 5.74) is 0.415. The highest BCUT2D eigenvalue weighted by Crippen LogP contribution is 2.29. The minimum absolute atomic E-state index is 0. The Hall–Kier alpha value is -2.37. The van der Waals surface area contributed by atoms with Gasteiger partial charge in [-0.1, -0.05) is 40.9 Å². The highest BCUT2D eigenvalue weighted by Gasteiger charge is 2.35. The Balaban J connectivity index is 0.00000450. The van der Waals surface area contributed by atoms with Gasteiger partial charge in [0, 0.05) is 23.4 Å². The Morgan fingerprint density at radius 3 is 2.33 bits per heavy atom. The third-order valence-electron chi connectivity index (χ3n) is 3.55. The maximum atomic E-state index is 12.5. The Kier molecular flexibility index (Phi) is 9.53. The molecule has 1 atom stereocenters. The van der Waals surface area contributed by atoms with E-state index in [1.165, 1.54) is 18.2 Å². The van der Waals surface area contributed by atoms with Gasteiger partial charge in [-0.05, 0) is 42.5 Å². The topological polar surface area (TPSA) is 137 Å². The second-order valence-corrected chi connectivity index (χ2v) is 8.36. The number of non-ortho nitro benzene ring substituents is 1. The molecule has 2 rings (SSSR count). The lowest BCUT2D eigenvalue weighted by Gasteiger charge is -2.27. The van der Waals surface area contributed by atoms with Crippen LogP contribution in [0.5, 0.6) is 5.75 Å². The van der Waals surface area contributed by atoms with E-state index in [0.29, 0.717) is 11.4 Å². The molecule has 0 saturated heterocycles. The van der Waals surface area contributed by atoms with Crippen LogP contribution in [0.4, 0.5) is 11.4 Å². The fourth-order valence-electron chi connectivity index (χ4n) is 2.15. The smallest absolute Gasteiger partial charge is 0.270 e. The second-order valence-electron chi connectivity index (χ2n) is 5.58. The van der Waals surface area contributed by atoms with Crippen molar-refractivity contribution in [1.82, 2.24) is 10.6 Å². The van der Waals surface area contributed by atoms with Gasteiger partial charge in [-0.15, -0.1) is 0 Å². The van der Waals surface area contributed by atoms with Crippen molar-refractivity contribution < 1.29 is 19.9 Å². The molecule has 9 nitrogen and oxygen atoms in total. The van der Waals surface area contributed by atoms with E-state index in [1.807, 2.05) is 0 Å². The number of benzene rings is 2. The molecule has 0 aliphatic carbocycles. The molecule has 2 aromatic carbocycles. The van der Waals surface area contributed by atoms with Crippen LogP contribution in [0.15, 0.2) is 48.5 Å². The molecule has 1 unspecified atom stereocenters. The summed E-state index contributed by atoms with van der Waals surface area (Å²) in [6.07, 6.45) is -1.22. The van der Waals surface area contributed by atoms with Crippen LogP contribution in [0.25, 0.3) is 0 Å². The van der Waals surface area contributed by atoms with Crippen molar-refractivity contribution in [2.24, 2.45) is 0 Å². The number of methoxy groups -OCH3 is 1. The summed E-state index contributed by atoms with van der Waals surface area (Å²) in [7, 11) is 1.55. The van der Waals surface area contributed by atoms with Crippen LogP contribution in [0, 0.1) is 10.1 Å². The molecular formula is C17H17Cl3N4O5S. The minimum Gasteiger partial charge on any atom is -0.497 e. The molecule has 0 radical (unpaired) electrons. The first-order chi connectivity index (χ1) is 13.6. The van der Waals surface area contributed by atoms with Crippen molar-refractivity contribution >= 4 is 69.4 Å². The van der Waals surface area contributed by atoms with E-state index in [1.54, 1.807) is 31.4 Å². The number of nitro benzene ring substituents is 1. The van der Waals surface area contributed by atoms with Crippen LogP contribution in [0.3, 0.4) is 0 Å². The Bertz CT molecular complexity index is 909. The standard InChI is InChI=1S/C17H15Cl3N4O4S.H2O/c1-28-13-7-5-11(6-8-13)21-16(29)23-15(17(18,19)20)22-14(25)10-3-2-4-12(9-10)24(26)27;/h2-9,15H,1H3,(H,22,25)(H2,21,23,29);1H2. The van der Waals surface area contributed by atoms with Crippen LogP contribution in [-0.4, -0.2) is 38.5 Å². The SMILES string of the molecule is COc1ccc(NC(=S)NC(NC(=O)c2cccc([N+](=O)[O-])c2)C(Cl)(Cl)Cl)cc1.O. The molecular weight excluding hydrogens is 479 g/mol. The number of carbonyl (C=O) groups excluding carboxylic acids is 1. The monoisotopic (exact) mass is 494 g/mol. The molecule has 30 heavy (non-hydrogen) atoms. The number of hydrogen-bond acceptors (Lipinski definition) is 5. The number of hydrogen-bond donors (Lipinski definition) is 3. The van der Waals surface area contributed by atoms with Gasteiger partial charge in [-0.25, -0.2) is 0 Å². The number of carbonyl (C=O) groups is 1. The Labute approximate surface area is 192 Å². The average molecular weight is 496 g/mol. The number of nitrogens with one attached hydrogen (secondary N) is 3. The lowest BCUT2D eigenvalue weighted by Crippen LogP contribution is -2.56. The molecule has 5 N–H and O–H groups in total. The fraction of sp³-hybridized carbons (Fsp3) is 0.176. The first-order valence-corrected chi connectivity index (χ1v) is 9.48. The first-order valence-electron chi connectivity index (χ1n) is 7.94. The molecule has 1 amide bonds. The van der Waals surface area contributed by atoms with E-state index in [0.717, 1.165) is 6.07 Å². The lowest BCUT2D eigenvalue weighted by atomic mass is 10.2. The Morgan fingerprint density at radius 2 is 1.80 bits per heavy atom. The minimum atomic E-state index is -1.97. The summed E-state index contributed by atoms with van der Waals surface area (Å²) in [6.45, 7) is 0. The molecule has 13 heteroatoms. The van der Waals surface area contributed by atoms with Crippen molar-refractivity contribution in [2.45, 2.75) is 9.96 Å². The Morgan fingerprint density at radius 1 is 1.17 bits per heavy atom. The predicted octanol–water partition coefficient (Wildman–Crippen LogP) is 3.19. The third-order valence-corrected chi connectivity index (χ3v) is 4.42. The van der Waals surface area contributed by atoms with Crippen LogP contribution in [-0.2, 0) is 0 Å². The van der Waals surface area contributed by atoms with E-state index < -0.39 is 20.8 Å². The fourth-order valence-corrected chi connectivity index (χ4v) is 2.71. The first kappa shape index (κ1) is 25.7. The number of halogens is 3. The lowest BCUT2D eigenvalue weighted by molar-refractivity contribution is -0.384. The highest BCUT2D eigenvalue weighted by atomic mass is 35.6. The molecule has 0 spiro atoms. The van der Waals surface area contributed by atoms with Gasteiger partial charge >= 0.3 is 0 Å². The van der Waals surface area contributed by atoms with Gasteiger partial charge in [0.15, 0.2) is 5.11 Å². The number of rotatable bonds is 6. The third kappa shape index (κ3) is 7.47. The number of amides is 1. The summed E-state index contributed by atoms with van der Waals surface area (Å²) in [5.74, 6) is -0.0254. The van der Waals surface area contributed by atoms with E-state index in [-0.39, 0.29) is 21.8 Å². The summed E-state index contributed by atoms with van der Waals surface area (Å²) in [5, 5.41) is 19.0. The average Bonchev–Trinajstić information content (AvgIpc) is 2.67. The number of nitro groups is 1. The van der Waals surface area contributed by atoms with E-state index in [9.17, 15) is 14.9 Å². The van der Waals surface area contributed by atoms with Crippen LogP contribution < -0.4 is 20.7 Å². The molecule has 0 aromatic heterocycles. The predicted molar refractivity (Wildman–Crippen MR) is 121 cm³/mol. The van der Waals surface area contributed by atoms with Crippen molar-refractivity contribution in [2.75, 3.05) is 12.4 Å². The molecule has 0 aliphatic rings. The van der Waals surface area contributed by atoms with E-state index in [4.69, 9.17) is 51.8 Å². The van der Waals surface area contributed by atoms with Gasteiger partial charge in [0.2, 0.25) is 3.79 Å². The molecule has 0 heterocycles. The molecule has 0 bridgehead atoms. The summed E-state index contributed by atoms with van der Waals surface area (Å²) < 4.78 is 3.10. The van der Waals surface area contributed by atoms with Gasteiger partial charge < -0.3 is 26.2 Å². The van der Waals surface area contributed by atoms with Crippen molar-refractivity contribution in [1.29, 1.82) is 0 Å². The highest BCUT2D eigenvalue weighted by molar-refractivity contribution is 7.80. The van der Waals surface area contributed by atoms with Crippen molar-refractivity contribution in [3.63, 3.8) is 0 Å². The number of alkyl halides is 3. The van der Waals surface area contributed by atoms with Gasteiger partial charge in [0.05, 0.1) is 12.0 Å². The largest absolute Gasteiger partial charge is 0.497 e. The maximum Gasteiger partial charge on any atom is 0.270 e. The second kappa shape index (κ2) is 11.1. The molecule has 0 saturated carbocycles. The van der Waals surface area contributed by atoms with Crippen LogP contribution in [0.2, 0.25) is 0 Å². The zero-order valence-corrected chi connectivity index (χ0v) is 18.4. The number of ether oxygens (including phenoxy) is 1. The molecule has 0 fully saturated rings. The number of thiocarbonyl (C=S) groups is 1. The quantitative estimate of drug-likeness (QED) is 0.184. The van der Waals surface area contributed by atoms with Crippen LogP contribution >= 0.6 is 47.0 Å². The van der Waals surface area contributed by atoms with Crippen LogP contribution in [0.1, 0.15) is 10.4 Å². The van der Waals surface area contributed by atoms with Gasteiger partial charge in [-0.3, -0.25) is 14.9 Å². The van der Waals surface area contributed by atoms with E-state index >= 15 is 0 Å². The summed E-state index contributed by atoms with van der Waals surface area (Å²) in [6, 6.07) is 12.0. The van der Waals surface area contributed by atoms with Crippen molar-refractivity contribution in [3.05, 3.63) is 64.2 Å². The zero-order valence-electron chi connectivity index (χ0n) is 15.3. The van der Waals surface area contributed by atoms with E-state index in [2.05, 4.69) is 16.0 Å². The molecule has 2 aromatic rings. The van der Waals surface area contributed by atoms with Gasteiger partial charge in [0.25, 0.3) is 11.6 Å².